The van der Waals surface area contributed by atoms with Crippen molar-refractivity contribution in [1.29, 1.82) is 0 Å². The molecule has 0 amide bonds. The molecule has 0 atom stereocenters. The van der Waals surface area contributed by atoms with Crippen molar-refractivity contribution in [2.45, 2.75) is 19.5 Å². The number of methoxy groups -OCH3 is 1. The lowest BCUT2D eigenvalue weighted by Gasteiger charge is -2.06. The van der Waals surface area contributed by atoms with Crippen LogP contribution in [0, 0.1) is 0 Å². The molecule has 2 N–H and O–H groups in total. The maximum absolute atomic E-state index is 12.0. The summed E-state index contributed by atoms with van der Waals surface area (Å²) in [4.78, 5) is 12.0. The molecule has 0 unspecified atom stereocenters. The summed E-state index contributed by atoms with van der Waals surface area (Å²) in [5.41, 5.74) is 7.00. The Balaban J connectivity index is 2.04. The third-order valence-electron chi connectivity index (χ3n) is 2.77. The Kier molecular flexibility index (Phi) is 4.86. The number of nitrogens with two attached hydrogens (primary N) is 1. The van der Waals surface area contributed by atoms with Gasteiger partial charge in [0.1, 0.15) is 12.3 Å². The molecule has 0 aliphatic heterocycles. The zero-order valence-corrected chi connectivity index (χ0v) is 12.6. The first-order valence-corrected chi connectivity index (χ1v) is 6.85. The molecule has 1 heterocycles. The molecule has 0 fully saturated rings. The zero-order chi connectivity index (χ0) is 14.5. The number of halogens is 1. The average Bonchev–Trinajstić information content (AvgIpc) is 2.88. The standard InChI is InChI=1S/C13H15BrN4O2/c1-20-12-2-3-13(14)9(5-12)4-11(19)8-18-7-10(6-15)16-17-18/h2-3,5,7H,4,6,8,15H2,1H3. The monoisotopic (exact) mass is 338 g/mol. The van der Waals surface area contributed by atoms with Crippen LogP contribution in [0.4, 0.5) is 0 Å². The molecule has 0 bridgehead atoms. The van der Waals surface area contributed by atoms with Gasteiger partial charge in [0.15, 0.2) is 5.78 Å². The molecular weight excluding hydrogens is 324 g/mol. The first-order valence-electron chi connectivity index (χ1n) is 6.05. The van der Waals surface area contributed by atoms with Gasteiger partial charge in [-0.1, -0.05) is 21.1 Å². The Morgan fingerprint density at radius 3 is 2.95 bits per heavy atom. The molecule has 20 heavy (non-hydrogen) atoms. The summed E-state index contributed by atoms with van der Waals surface area (Å²) in [6, 6.07) is 5.54. The molecular formula is C13H15BrN4O2. The van der Waals surface area contributed by atoms with Gasteiger partial charge in [0.2, 0.25) is 0 Å². The Hall–Kier alpha value is -1.73. The van der Waals surface area contributed by atoms with Gasteiger partial charge in [-0.25, -0.2) is 4.68 Å². The van der Waals surface area contributed by atoms with Crippen molar-refractivity contribution in [3.63, 3.8) is 0 Å². The number of carbonyl (C=O) groups is 1. The number of ketones is 1. The predicted molar refractivity (Wildman–Crippen MR) is 77.3 cm³/mol. The van der Waals surface area contributed by atoms with Gasteiger partial charge in [-0.15, -0.1) is 5.10 Å². The maximum atomic E-state index is 12.0. The molecule has 0 aliphatic carbocycles. The van der Waals surface area contributed by atoms with Gasteiger partial charge in [-0.05, 0) is 23.8 Å². The van der Waals surface area contributed by atoms with Gasteiger partial charge in [0, 0.05) is 17.4 Å². The Bertz CT molecular complexity index is 612. The fourth-order valence-electron chi connectivity index (χ4n) is 1.77. The molecule has 0 saturated carbocycles. The zero-order valence-electron chi connectivity index (χ0n) is 11.0. The highest BCUT2D eigenvalue weighted by molar-refractivity contribution is 9.10. The highest BCUT2D eigenvalue weighted by Gasteiger charge is 2.10. The second-order valence-corrected chi connectivity index (χ2v) is 5.14. The molecule has 7 heteroatoms. The van der Waals surface area contributed by atoms with Crippen molar-refractivity contribution < 1.29 is 9.53 Å². The number of aromatic nitrogens is 3. The number of rotatable bonds is 6. The van der Waals surface area contributed by atoms with E-state index in [0.29, 0.717) is 18.7 Å². The molecule has 2 rings (SSSR count). The number of hydrogen-bond acceptors (Lipinski definition) is 5. The summed E-state index contributed by atoms with van der Waals surface area (Å²) in [5.74, 6) is 0.759. The van der Waals surface area contributed by atoms with E-state index in [0.717, 1.165) is 15.8 Å². The summed E-state index contributed by atoms with van der Waals surface area (Å²) in [7, 11) is 1.60. The first kappa shape index (κ1) is 14.7. The Labute approximate surface area is 125 Å². The van der Waals surface area contributed by atoms with Gasteiger partial charge in [0.05, 0.1) is 19.0 Å². The van der Waals surface area contributed by atoms with E-state index in [1.165, 1.54) is 4.68 Å². The van der Waals surface area contributed by atoms with Crippen LogP contribution in [-0.4, -0.2) is 27.9 Å². The van der Waals surface area contributed by atoms with E-state index in [9.17, 15) is 4.79 Å². The number of nitrogens with zero attached hydrogens (tertiary/aromatic N) is 3. The third kappa shape index (κ3) is 3.64. The minimum Gasteiger partial charge on any atom is -0.497 e. The van der Waals surface area contributed by atoms with Crippen molar-refractivity contribution in [3.8, 4) is 5.75 Å². The van der Waals surface area contributed by atoms with Crippen molar-refractivity contribution in [2.75, 3.05) is 7.11 Å². The lowest BCUT2D eigenvalue weighted by atomic mass is 10.1. The van der Waals surface area contributed by atoms with E-state index in [2.05, 4.69) is 26.2 Å². The second kappa shape index (κ2) is 6.62. The summed E-state index contributed by atoms with van der Waals surface area (Å²) in [6.07, 6.45) is 1.98. The molecule has 0 aliphatic rings. The predicted octanol–water partition coefficient (Wildman–Crippen LogP) is 1.32. The van der Waals surface area contributed by atoms with Gasteiger partial charge in [-0.3, -0.25) is 4.79 Å². The molecule has 6 nitrogen and oxygen atoms in total. The van der Waals surface area contributed by atoms with Crippen molar-refractivity contribution >= 4 is 21.7 Å². The number of benzene rings is 1. The van der Waals surface area contributed by atoms with Gasteiger partial charge in [-0.2, -0.15) is 0 Å². The second-order valence-electron chi connectivity index (χ2n) is 4.28. The highest BCUT2D eigenvalue weighted by Crippen LogP contribution is 2.23. The fraction of sp³-hybridized carbons (Fsp3) is 0.308. The molecule has 0 saturated heterocycles. The Morgan fingerprint density at radius 1 is 1.50 bits per heavy atom. The average molecular weight is 339 g/mol. The minimum absolute atomic E-state index is 0.0347. The van der Waals surface area contributed by atoms with Crippen molar-refractivity contribution in [2.24, 2.45) is 5.73 Å². The SMILES string of the molecule is COc1ccc(Br)c(CC(=O)Cn2cc(CN)nn2)c1. The molecule has 0 spiro atoms. The molecule has 1 aromatic carbocycles. The van der Waals surface area contributed by atoms with Crippen LogP contribution in [0.5, 0.6) is 5.75 Å². The number of carbonyl (C=O) groups excluding carboxylic acids is 1. The summed E-state index contributed by atoms with van der Waals surface area (Å²) < 4.78 is 7.53. The Morgan fingerprint density at radius 2 is 2.30 bits per heavy atom. The van der Waals surface area contributed by atoms with Gasteiger partial charge >= 0.3 is 0 Å². The van der Waals surface area contributed by atoms with E-state index in [-0.39, 0.29) is 12.3 Å². The normalized spacial score (nSPS) is 10.6. The fourth-order valence-corrected chi connectivity index (χ4v) is 2.16. The summed E-state index contributed by atoms with van der Waals surface area (Å²) >= 11 is 3.43. The first-order chi connectivity index (χ1) is 9.62. The number of ether oxygens (including phenoxy) is 1. The molecule has 106 valence electrons. The van der Waals surface area contributed by atoms with Crippen LogP contribution in [0.25, 0.3) is 0 Å². The van der Waals surface area contributed by atoms with Crippen LogP contribution in [0.3, 0.4) is 0 Å². The van der Waals surface area contributed by atoms with Crippen molar-refractivity contribution in [1.82, 2.24) is 15.0 Å². The van der Waals surface area contributed by atoms with Crippen molar-refractivity contribution in [3.05, 3.63) is 40.1 Å². The van der Waals surface area contributed by atoms with Crippen LogP contribution >= 0.6 is 15.9 Å². The van der Waals surface area contributed by atoms with Crippen LogP contribution < -0.4 is 10.5 Å². The lowest BCUT2D eigenvalue weighted by molar-refractivity contribution is -0.119. The summed E-state index contributed by atoms with van der Waals surface area (Å²) in [5, 5.41) is 7.70. The van der Waals surface area contributed by atoms with Crippen LogP contribution in [0.1, 0.15) is 11.3 Å². The third-order valence-corrected chi connectivity index (χ3v) is 3.55. The van der Waals surface area contributed by atoms with Crippen LogP contribution in [0.15, 0.2) is 28.9 Å². The lowest BCUT2D eigenvalue weighted by Crippen LogP contribution is -2.13. The highest BCUT2D eigenvalue weighted by atomic mass is 79.9. The quantitative estimate of drug-likeness (QED) is 0.858. The number of hydrogen-bond donors (Lipinski definition) is 1. The molecule has 2 aromatic rings. The van der Waals surface area contributed by atoms with Gasteiger partial charge in [0.25, 0.3) is 0 Å². The van der Waals surface area contributed by atoms with Crippen LogP contribution in [-0.2, 0) is 24.3 Å². The smallest absolute Gasteiger partial charge is 0.158 e. The molecule has 1 aromatic heterocycles. The summed E-state index contributed by atoms with van der Waals surface area (Å²) in [6.45, 7) is 0.492. The van der Waals surface area contributed by atoms with E-state index in [1.54, 1.807) is 13.3 Å². The maximum Gasteiger partial charge on any atom is 0.158 e. The van der Waals surface area contributed by atoms with E-state index >= 15 is 0 Å². The topological polar surface area (TPSA) is 83.0 Å². The van der Waals surface area contributed by atoms with E-state index in [4.69, 9.17) is 10.5 Å². The largest absolute Gasteiger partial charge is 0.497 e. The van der Waals surface area contributed by atoms with Gasteiger partial charge < -0.3 is 10.5 Å². The molecule has 0 radical (unpaired) electrons. The van der Waals surface area contributed by atoms with E-state index in [1.807, 2.05) is 18.2 Å². The van der Waals surface area contributed by atoms with Crippen LogP contribution in [0.2, 0.25) is 0 Å². The minimum atomic E-state index is 0.0347. The van der Waals surface area contributed by atoms with E-state index < -0.39 is 0 Å². The number of Topliss-reactive ketones (excluding diaryl/α,β-unsaturated/α-hetero) is 1.